The lowest BCUT2D eigenvalue weighted by molar-refractivity contribution is -0.139. The lowest BCUT2D eigenvalue weighted by atomic mass is 10.0. The van der Waals surface area contributed by atoms with Gasteiger partial charge in [0.15, 0.2) is 0 Å². The van der Waals surface area contributed by atoms with Crippen LogP contribution >= 0.6 is 0 Å². The van der Waals surface area contributed by atoms with Crippen LogP contribution in [0.2, 0.25) is 0 Å². The predicted octanol–water partition coefficient (Wildman–Crippen LogP) is 1.24. The van der Waals surface area contributed by atoms with Crippen molar-refractivity contribution in [2.45, 2.75) is 37.8 Å². The van der Waals surface area contributed by atoms with Crippen LogP contribution in [0.4, 0.5) is 0 Å². The number of ether oxygens (including phenoxy) is 2. The van der Waals surface area contributed by atoms with Gasteiger partial charge in [0.05, 0.1) is 26.4 Å². The molecule has 1 atom stereocenters. The Morgan fingerprint density at radius 3 is 2.44 bits per heavy atom. The third-order valence-electron chi connectivity index (χ3n) is 5.34. The molecule has 7 heteroatoms. The van der Waals surface area contributed by atoms with Crippen molar-refractivity contribution in [3.8, 4) is 5.75 Å². The second kappa shape index (κ2) is 9.71. The maximum Gasteiger partial charge on any atom is 0.309 e. The van der Waals surface area contributed by atoms with Gasteiger partial charge in [-0.05, 0) is 30.5 Å². The molecular formula is C20H29N3O4. The van der Waals surface area contributed by atoms with Gasteiger partial charge < -0.3 is 20.1 Å². The molecular weight excluding hydrogens is 346 g/mol. The number of carbonyl (C=O) groups excluding carboxylic acids is 2. The van der Waals surface area contributed by atoms with Crippen LogP contribution in [0, 0.1) is 0 Å². The Labute approximate surface area is 160 Å². The minimum Gasteiger partial charge on any atom is -0.497 e. The second-order valence-electron chi connectivity index (χ2n) is 7.10. The number of methoxy groups -OCH3 is 1. The number of carbonyl (C=O) groups is 2. The molecule has 0 bridgehead atoms. The van der Waals surface area contributed by atoms with Crippen molar-refractivity contribution in [3.63, 3.8) is 0 Å². The molecule has 2 amide bonds. The molecule has 1 aromatic rings. The highest BCUT2D eigenvalue weighted by Crippen LogP contribution is 2.23. The minimum atomic E-state index is -0.561. The molecule has 2 fully saturated rings. The summed E-state index contributed by atoms with van der Waals surface area (Å²) in [5, 5.41) is 5.65. The van der Waals surface area contributed by atoms with E-state index >= 15 is 0 Å². The third-order valence-corrected chi connectivity index (χ3v) is 5.34. The normalized spacial score (nSPS) is 19.4. The fourth-order valence-corrected chi connectivity index (χ4v) is 3.76. The Bertz CT molecular complexity index is 623. The molecule has 1 saturated heterocycles. The number of nitrogens with one attached hydrogen (secondary N) is 2. The van der Waals surface area contributed by atoms with E-state index in [2.05, 4.69) is 15.5 Å². The summed E-state index contributed by atoms with van der Waals surface area (Å²) in [6, 6.07) is 7.96. The number of amides is 2. The largest absolute Gasteiger partial charge is 0.497 e. The second-order valence-corrected chi connectivity index (χ2v) is 7.10. The number of nitrogens with zero attached hydrogens (tertiary/aromatic N) is 1. The molecule has 1 aliphatic heterocycles. The van der Waals surface area contributed by atoms with Gasteiger partial charge in [-0.2, -0.15) is 0 Å². The molecule has 0 spiro atoms. The monoisotopic (exact) mass is 375 g/mol. The van der Waals surface area contributed by atoms with E-state index in [0.717, 1.165) is 50.1 Å². The molecule has 2 aliphatic rings. The van der Waals surface area contributed by atoms with Crippen LogP contribution in [-0.4, -0.2) is 62.7 Å². The van der Waals surface area contributed by atoms with Crippen molar-refractivity contribution in [1.29, 1.82) is 0 Å². The first-order chi connectivity index (χ1) is 13.2. The van der Waals surface area contributed by atoms with Gasteiger partial charge in [-0.3, -0.25) is 14.5 Å². The van der Waals surface area contributed by atoms with Gasteiger partial charge in [0, 0.05) is 25.7 Å². The fourth-order valence-electron chi connectivity index (χ4n) is 3.76. The average Bonchev–Trinajstić information content (AvgIpc) is 3.22. The Morgan fingerprint density at radius 2 is 1.81 bits per heavy atom. The van der Waals surface area contributed by atoms with E-state index in [9.17, 15) is 9.59 Å². The predicted molar refractivity (Wildman–Crippen MR) is 102 cm³/mol. The van der Waals surface area contributed by atoms with E-state index in [1.807, 2.05) is 24.3 Å². The molecule has 7 nitrogen and oxygen atoms in total. The molecule has 1 aliphatic carbocycles. The van der Waals surface area contributed by atoms with Crippen LogP contribution in [0.5, 0.6) is 5.75 Å². The van der Waals surface area contributed by atoms with Crippen molar-refractivity contribution in [1.82, 2.24) is 15.5 Å². The van der Waals surface area contributed by atoms with E-state index in [-0.39, 0.29) is 12.1 Å². The number of benzene rings is 1. The molecule has 1 aromatic carbocycles. The summed E-state index contributed by atoms with van der Waals surface area (Å²) in [7, 11) is 1.64. The number of morpholine rings is 1. The van der Waals surface area contributed by atoms with Crippen LogP contribution in [0.25, 0.3) is 0 Å². The highest BCUT2D eigenvalue weighted by Gasteiger charge is 2.26. The molecule has 2 N–H and O–H groups in total. The summed E-state index contributed by atoms with van der Waals surface area (Å²) >= 11 is 0. The average molecular weight is 375 g/mol. The molecule has 0 unspecified atom stereocenters. The van der Waals surface area contributed by atoms with Crippen LogP contribution < -0.4 is 15.4 Å². The third kappa shape index (κ3) is 5.43. The lowest BCUT2D eigenvalue weighted by Gasteiger charge is -2.35. The molecule has 148 valence electrons. The Balaban J connectivity index is 1.61. The summed E-state index contributed by atoms with van der Waals surface area (Å²) < 4.78 is 10.7. The summed E-state index contributed by atoms with van der Waals surface area (Å²) in [5.74, 6) is -0.300. The number of rotatable bonds is 6. The van der Waals surface area contributed by atoms with Crippen LogP contribution in [0.3, 0.4) is 0 Å². The SMILES string of the molecule is COc1ccc([C@H](CNC(=O)C(=O)NC2CCCC2)N2CCOCC2)cc1. The molecule has 1 saturated carbocycles. The molecule has 27 heavy (non-hydrogen) atoms. The van der Waals surface area contributed by atoms with Crippen LogP contribution in [-0.2, 0) is 14.3 Å². The van der Waals surface area contributed by atoms with Gasteiger partial charge >= 0.3 is 11.8 Å². The Kier molecular flexibility index (Phi) is 7.06. The van der Waals surface area contributed by atoms with Crippen molar-refractivity contribution >= 4 is 11.8 Å². The van der Waals surface area contributed by atoms with Gasteiger partial charge in [0.25, 0.3) is 0 Å². The van der Waals surface area contributed by atoms with Gasteiger partial charge in [-0.25, -0.2) is 0 Å². The number of hydrogen-bond acceptors (Lipinski definition) is 5. The first kappa shape index (κ1) is 19.6. The van der Waals surface area contributed by atoms with E-state index in [4.69, 9.17) is 9.47 Å². The van der Waals surface area contributed by atoms with Crippen molar-refractivity contribution in [2.75, 3.05) is 40.0 Å². The van der Waals surface area contributed by atoms with E-state index in [1.54, 1.807) is 7.11 Å². The zero-order valence-corrected chi connectivity index (χ0v) is 15.9. The lowest BCUT2D eigenvalue weighted by Crippen LogP contribution is -2.48. The summed E-state index contributed by atoms with van der Waals surface area (Å²) in [6.45, 7) is 3.30. The van der Waals surface area contributed by atoms with Crippen molar-refractivity contribution in [2.24, 2.45) is 0 Å². The maximum atomic E-state index is 12.3. The minimum absolute atomic E-state index is 0.0111. The zero-order valence-electron chi connectivity index (χ0n) is 15.9. The van der Waals surface area contributed by atoms with Gasteiger partial charge in [0.1, 0.15) is 5.75 Å². The van der Waals surface area contributed by atoms with E-state index in [1.165, 1.54) is 0 Å². The first-order valence-electron chi connectivity index (χ1n) is 9.72. The maximum absolute atomic E-state index is 12.3. The quantitative estimate of drug-likeness (QED) is 0.732. The van der Waals surface area contributed by atoms with Crippen molar-refractivity contribution < 1.29 is 19.1 Å². The highest BCUT2D eigenvalue weighted by molar-refractivity contribution is 6.35. The van der Waals surface area contributed by atoms with Crippen LogP contribution in [0.1, 0.15) is 37.3 Å². The molecule has 1 heterocycles. The first-order valence-corrected chi connectivity index (χ1v) is 9.72. The van der Waals surface area contributed by atoms with Gasteiger partial charge in [0.2, 0.25) is 0 Å². The smallest absolute Gasteiger partial charge is 0.309 e. The summed E-state index contributed by atoms with van der Waals surface area (Å²) in [5.41, 5.74) is 1.08. The summed E-state index contributed by atoms with van der Waals surface area (Å²) in [4.78, 5) is 26.7. The Morgan fingerprint density at radius 1 is 1.15 bits per heavy atom. The number of hydrogen-bond donors (Lipinski definition) is 2. The summed E-state index contributed by atoms with van der Waals surface area (Å²) in [6.07, 6.45) is 4.15. The van der Waals surface area contributed by atoms with E-state index < -0.39 is 11.8 Å². The standard InChI is InChI=1S/C20H29N3O4/c1-26-17-8-6-15(7-9-17)18(23-10-12-27-13-11-23)14-21-19(24)20(25)22-16-4-2-3-5-16/h6-9,16,18H,2-5,10-14H2,1H3,(H,21,24)(H,22,25)/t18-/m0/s1. The molecule has 3 rings (SSSR count). The van der Waals surface area contributed by atoms with E-state index in [0.29, 0.717) is 19.8 Å². The zero-order chi connectivity index (χ0) is 19.1. The van der Waals surface area contributed by atoms with Crippen LogP contribution in [0.15, 0.2) is 24.3 Å². The van der Waals surface area contributed by atoms with Gasteiger partial charge in [-0.15, -0.1) is 0 Å². The van der Waals surface area contributed by atoms with Gasteiger partial charge in [-0.1, -0.05) is 25.0 Å². The molecule has 0 radical (unpaired) electrons. The molecule has 0 aromatic heterocycles. The highest BCUT2D eigenvalue weighted by atomic mass is 16.5. The topological polar surface area (TPSA) is 79.9 Å². The fraction of sp³-hybridized carbons (Fsp3) is 0.600. The van der Waals surface area contributed by atoms with Crippen molar-refractivity contribution in [3.05, 3.63) is 29.8 Å². The Hall–Kier alpha value is -2.12.